The predicted molar refractivity (Wildman–Crippen MR) is 131 cm³/mol. The standard InChI is InChI=1S/C25H28FN7O/c1-16-6-4-7-19(23(16)26)29-25-24-20(27-15-28-25)9-10-21(30-24)32-13-18-12-17(32)14-33(18)22(34)8-5-11-31(2)3/h4-10,15,17-18H,11-14H2,1-3H3,(H,27,28,29)/b8-5+/t17-,18-/m0/s1. The van der Waals surface area contributed by atoms with Crippen molar-refractivity contribution in [2.75, 3.05) is 43.9 Å². The van der Waals surface area contributed by atoms with Crippen LogP contribution in [0.4, 0.5) is 21.7 Å². The monoisotopic (exact) mass is 461 g/mol. The van der Waals surface area contributed by atoms with Gasteiger partial charge in [0.25, 0.3) is 0 Å². The van der Waals surface area contributed by atoms with Gasteiger partial charge in [-0.05, 0) is 51.2 Å². The molecule has 2 aliphatic heterocycles. The summed E-state index contributed by atoms with van der Waals surface area (Å²) in [6.45, 7) is 3.88. The van der Waals surface area contributed by atoms with Gasteiger partial charge in [0.15, 0.2) is 5.82 Å². The first-order valence-corrected chi connectivity index (χ1v) is 11.4. The van der Waals surface area contributed by atoms with E-state index >= 15 is 0 Å². The van der Waals surface area contributed by atoms with Gasteiger partial charge in [0.2, 0.25) is 5.91 Å². The number of likely N-dealkylation sites (tertiary alicyclic amines) is 1. The number of carbonyl (C=O) groups is 1. The van der Waals surface area contributed by atoms with Crippen LogP contribution in [-0.2, 0) is 4.79 Å². The van der Waals surface area contributed by atoms with Gasteiger partial charge in [-0.25, -0.2) is 19.3 Å². The van der Waals surface area contributed by atoms with Crippen molar-refractivity contribution in [3.63, 3.8) is 0 Å². The van der Waals surface area contributed by atoms with Crippen molar-refractivity contribution in [3.8, 4) is 0 Å². The Kier molecular flexibility index (Phi) is 5.87. The summed E-state index contributed by atoms with van der Waals surface area (Å²) in [7, 11) is 3.95. The zero-order chi connectivity index (χ0) is 23.8. The number of benzene rings is 1. The third kappa shape index (κ3) is 4.19. The van der Waals surface area contributed by atoms with Crippen LogP contribution < -0.4 is 10.2 Å². The molecule has 1 aromatic carbocycles. The van der Waals surface area contributed by atoms with E-state index in [1.807, 2.05) is 42.1 Å². The zero-order valence-electron chi connectivity index (χ0n) is 19.6. The molecule has 1 amide bonds. The number of hydrogen-bond acceptors (Lipinski definition) is 7. The van der Waals surface area contributed by atoms with Crippen LogP contribution in [0.3, 0.4) is 0 Å². The normalized spacial score (nSPS) is 19.7. The summed E-state index contributed by atoms with van der Waals surface area (Å²) in [6, 6.07) is 9.46. The SMILES string of the molecule is Cc1cccc(Nc2ncnc3ccc(N4C[C@@H]5C[C@H]4CN5C(=O)/C=C/CN(C)C)nc23)c1F. The number of anilines is 3. The van der Waals surface area contributed by atoms with Crippen molar-refractivity contribution in [2.45, 2.75) is 25.4 Å². The van der Waals surface area contributed by atoms with E-state index in [1.54, 1.807) is 31.2 Å². The van der Waals surface area contributed by atoms with Crippen molar-refractivity contribution < 1.29 is 9.18 Å². The third-order valence-electron chi connectivity index (χ3n) is 6.46. The minimum atomic E-state index is -0.313. The number of rotatable bonds is 6. The molecule has 4 heterocycles. The number of likely N-dealkylation sites (N-methyl/N-ethyl adjacent to an activating group) is 1. The smallest absolute Gasteiger partial charge is 0.246 e. The van der Waals surface area contributed by atoms with E-state index in [0.717, 1.165) is 25.3 Å². The number of fused-ring (bicyclic) bond motifs is 3. The summed E-state index contributed by atoms with van der Waals surface area (Å²) in [5, 5.41) is 3.09. The van der Waals surface area contributed by atoms with Crippen LogP contribution in [0.2, 0.25) is 0 Å². The van der Waals surface area contributed by atoms with E-state index < -0.39 is 0 Å². The minimum Gasteiger partial charge on any atom is -0.350 e. The fraction of sp³-hybridized carbons (Fsp3) is 0.360. The number of halogens is 1. The van der Waals surface area contributed by atoms with E-state index in [9.17, 15) is 9.18 Å². The van der Waals surface area contributed by atoms with Crippen molar-refractivity contribution in [1.29, 1.82) is 0 Å². The number of piperazine rings is 1. The molecule has 0 aliphatic carbocycles. The molecule has 2 aliphatic rings. The number of amides is 1. The molecule has 5 rings (SSSR count). The molecule has 34 heavy (non-hydrogen) atoms. The average molecular weight is 462 g/mol. The molecule has 3 aromatic rings. The van der Waals surface area contributed by atoms with E-state index in [1.165, 1.54) is 6.33 Å². The number of carbonyl (C=O) groups excluding carboxylic acids is 1. The molecule has 2 atom stereocenters. The summed E-state index contributed by atoms with van der Waals surface area (Å²) >= 11 is 0. The second-order valence-electron chi connectivity index (χ2n) is 9.17. The van der Waals surface area contributed by atoms with Crippen molar-refractivity contribution in [3.05, 3.63) is 60.2 Å². The first kappa shape index (κ1) is 22.2. The number of aryl methyl sites for hydroxylation is 1. The fourth-order valence-corrected chi connectivity index (χ4v) is 4.73. The number of pyridine rings is 1. The predicted octanol–water partition coefficient (Wildman–Crippen LogP) is 3.12. The summed E-state index contributed by atoms with van der Waals surface area (Å²) in [5.74, 6) is 1.04. The van der Waals surface area contributed by atoms with E-state index in [-0.39, 0.29) is 23.8 Å². The van der Waals surface area contributed by atoms with Gasteiger partial charge in [-0.1, -0.05) is 18.2 Å². The number of nitrogens with zero attached hydrogens (tertiary/aromatic N) is 6. The molecule has 176 valence electrons. The first-order valence-electron chi connectivity index (χ1n) is 11.4. The van der Waals surface area contributed by atoms with Crippen molar-refractivity contribution in [2.24, 2.45) is 0 Å². The summed E-state index contributed by atoms with van der Waals surface area (Å²) in [6.07, 6.45) is 5.96. The van der Waals surface area contributed by atoms with Gasteiger partial charge in [-0.3, -0.25) is 4.79 Å². The molecule has 2 bridgehead atoms. The van der Waals surface area contributed by atoms with Crippen molar-refractivity contribution >= 4 is 34.3 Å². The minimum absolute atomic E-state index is 0.0699. The van der Waals surface area contributed by atoms with Gasteiger partial charge < -0.3 is 20.0 Å². The second-order valence-corrected chi connectivity index (χ2v) is 9.17. The molecule has 1 N–H and O–H groups in total. The highest BCUT2D eigenvalue weighted by Gasteiger charge is 2.45. The van der Waals surface area contributed by atoms with E-state index in [2.05, 4.69) is 20.2 Å². The van der Waals surface area contributed by atoms with Gasteiger partial charge in [-0.2, -0.15) is 0 Å². The maximum absolute atomic E-state index is 14.6. The number of nitrogens with one attached hydrogen (secondary N) is 1. The number of aromatic nitrogens is 3. The summed E-state index contributed by atoms with van der Waals surface area (Å²) < 4.78 is 14.6. The Morgan fingerprint density at radius 3 is 2.82 bits per heavy atom. The van der Waals surface area contributed by atoms with Gasteiger partial charge in [-0.15, -0.1) is 0 Å². The van der Waals surface area contributed by atoms with Crippen LogP contribution in [0.25, 0.3) is 11.0 Å². The third-order valence-corrected chi connectivity index (χ3v) is 6.46. The Morgan fingerprint density at radius 2 is 2.06 bits per heavy atom. The molecular formula is C25H28FN7O. The maximum Gasteiger partial charge on any atom is 0.246 e. The lowest BCUT2D eigenvalue weighted by molar-refractivity contribution is -0.127. The second kappa shape index (κ2) is 8.98. The Morgan fingerprint density at radius 1 is 1.21 bits per heavy atom. The average Bonchev–Trinajstić information content (AvgIpc) is 3.43. The molecule has 8 nitrogen and oxygen atoms in total. The molecule has 2 aromatic heterocycles. The van der Waals surface area contributed by atoms with Crippen LogP contribution in [0, 0.1) is 12.7 Å². The molecule has 0 saturated carbocycles. The van der Waals surface area contributed by atoms with Gasteiger partial charge >= 0.3 is 0 Å². The summed E-state index contributed by atoms with van der Waals surface area (Å²) in [5.41, 5.74) is 2.18. The molecule has 0 spiro atoms. The molecule has 9 heteroatoms. The fourth-order valence-electron chi connectivity index (χ4n) is 4.73. The molecular weight excluding hydrogens is 433 g/mol. The Balaban J connectivity index is 1.36. The quantitative estimate of drug-likeness (QED) is 0.565. The van der Waals surface area contributed by atoms with Gasteiger partial charge in [0.05, 0.1) is 23.3 Å². The maximum atomic E-state index is 14.6. The molecule has 0 unspecified atom stereocenters. The zero-order valence-corrected chi connectivity index (χ0v) is 19.6. The van der Waals surface area contributed by atoms with Crippen LogP contribution in [0.1, 0.15) is 12.0 Å². The van der Waals surface area contributed by atoms with Crippen molar-refractivity contribution in [1.82, 2.24) is 24.8 Å². The molecule has 0 radical (unpaired) electrons. The lowest BCUT2D eigenvalue weighted by Gasteiger charge is -2.34. The highest BCUT2D eigenvalue weighted by atomic mass is 19.1. The van der Waals surface area contributed by atoms with Crippen LogP contribution in [-0.4, -0.2) is 76.5 Å². The largest absolute Gasteiger partial charge is 0.350 e. The molecule has 2 saturated heterocycles. The molecule has 2 fully saturated rings. The van der Waals surface area contributed by atoms with Crippen LogP contribution in [0.15, 0.2) is 48.8 Å². The highest BCUT2D eigenvalue weighted by molar-refractivity contribution is 5.89. The van der Waals surface area contributed by atoms with Gasteiger partial charge in [0.1, 0.15) is 23.5 Å². The summed E-state index contributed by atoms with van der Waals surface area (Å²) in [4.78, 5) is 32.4. The first-order chi connectivity index (χ1) is 16.4. The number of hydrogen-bond donors (Lipinski definition) is 1. The van der Waals surface area contributed by atoms with E-state index in [0.29, 0.717) is 34.6 Å². The van der Waals surface area contributed by atoms with E-state index in [4.69, 9.17) is 4.98 Å². The van der Waals surface area contributed by atoms with Crippen LogP contribution in [0.5, 0.6) is 0 Å². The van der Waals surface area contributed by atoms with Crippen LogP contribution >= 0.6 is 0 Å². The van der Waals surface area contributed by atoms with Gasteiger partial charge in [0, 0.05) is 25.7 Å². The Labute approximate surface area is 198 Å². The topological polar surface area (TPSA) is 77.5 Å². The lowest BCUT2D eigenvalue weighted by Crippen LogP contribution is -2.48. The Bertz CT molecular complexity index is 1260. The highest BCUT2D eigenvalue weighted by Crippen LogP contribution is 2.35. The Hall–Kier alpha value is -3.59. The lowest BCUT2D eigenvalue weighted by atomic mass is 10.2.